The molecule has 0 aliphatic heterocycles. The number of aliphatic hydroxyl groups is 8. The molecular formula is C14H25NO11. The fraction of sp³-hybridized carbons (Fsp3) is 0.786. The molecule has 12 nitrogen and oxygen atoms in total. The second kappa shape index (κ2) is 10.6. The number of amides is 1. The standard InChI is InChI=1S/C14H25NO11/c1-4(17)8(20)12(24)14(26)13(25)11(23)7(15-5(2)18)10(22)9(21)6(19)3-16/h4,6-10,12,14,16-17,19-22,24,26H,3H2,1-2H3,(H,15,18)/t4-,6-,7-,8-,9-,10-,12+,14-/m1/s1. The van der Waals surface area contributed by atoms with E-state index in [2.05, 4.69) is 0 Å². The van der Waals surface area contributed by atoms with Gasteiger partial charge in [0.05, 0.1) is 12.7 Å². The predicted molar refractivity (Wildman–Crippen MR) is 82.4 cm³/mol. The van der Waals surface area contributed by atoms with E-state index in [9.17, 15) is 45.0 Å². The molecule has 0 radical (unpaired) electrons. The first-order valence-electron chi connectivity index (χ1n) is 7.59. The Morgan fingerprint density at radius 2 is 1.31 bits per heavy atom. The Labute approximate surface area is 148 Å². The number of carbonyl (C=O) groups is 3. The van der Waals surface area contributed by atoms with Gasteiger partial charge in [0, 0.05) is 6.92 Å². The summed E-state index contributed by atoms with van der Waals surface area (Å²) in [7, 11) is 0. The highest BCUT2D eigenvalue weighted by atomic mass is 16.4. The molecule has 0 aromatic carbocycles. The van der Waals surface area contributed by atoms with Crippen molar-refractivity contribution in [3.63, 3.8) is 0 Å². The largest absolute Gasteiger partial charge is 0.394 e. The summed E-state index contributed by atoms with van der Waals surface area (Å²) in [4.78, 5) is 35.4. The SMILES string of the molecule is CC(=O)N[C@@H](C(=O)C(=O)[C@H](O)[C@@H](O)[C@H](O)[C@@H](C)O)[C@@H](O)[C@H](O)[C@H](O)CO. The highest BCUT2D eigenvalue weighted by Gasteiger charge is 2.43. The van der Waals surface area contributed by atoms with Gasteiger partial charge in [0.25, 0.3) is 0 Å². The summed E-state index contributed by atoms with van der Waals surface area (Å²) >= 11 is 0. The van der Waals surface area contributed by atoms with Crippen LogP contribution in [-0.4, -0.2) is 114 Å². The van der Waals surface area contributed by atoms with Crippen LogP contribution in [0.15, 0.2) is 0 Å². The average molecular weight is 383 g/mol. The second-order valence-corrected chi connectivity index (χ2v) is 5.80. The molecule has 0 unspecified atom stereocenters. The Hall–Kier alpha value is -1.51. The van der Waals surface area contributed by atoms with E-state index in [-0.39, 0.29) is 0 Å². The maximum Gasteiger partial charge on any atom is 0.231 e. The van der Waals surface area contributed by atoms with E-state index in [0.717, 1.165) is 13.8 Å². The molecule has 0 rings (SSSR count). The zero-order valence-corrected chi connectivity index (χ0v) is 14.1. The molecule has 0 spiro atoms. The van der Waals surface area contributed by atoms with Crippen molar-refractivity contribution in [3.05, 3.63) is 0 Å². The van der Waals surface area contributed by atoms with Crippen molar-refractivity contribution in [1.82, 2.24) is 5.32 Å². The molecule has 0 aromatic heterocycles. The Kier molecular flexibility index (Phi) is 9.98. The Morgan fingerprint density at radius 3 is 1.69 bits per heavy atom. The molecule has 9 N–H and O–H groups in total. The van der Waals surface area contributed by atoms with Crippen molar-refractivity contribution < 1.29 is 55.2 Å². The summed E-state index contributed by atoms with van der Waals surface area (Å²) < 4.78 is 0. The smallest absolute Gasteiger partial charge is 0.231 e. The molecule has 0 bridgehead atoms. The van der Waals surface area contributed by atoms with E-state index in [1.807, 2.05) is 5.32 Å². The lowest BCUT2D eigenvalue weighted by Gasteiger charge is -2.29. The van der Waals surface area contributed by atoms with Gasteiger partial charge in [-0.05, 0) is 6.92 Å². The van der Waals surface area contributed by atoms with Gasteiger partial charge in [-0.2, -0.15) is 0 Å². The number of rotatable bonds is 11. The second-order valence-electron chi connectivity index (χ2n) is 5.80. The van der Waals surface area contributed by atoms with E-state index >= 15 is 0 Å². The molecule has 26 heavy (non-hydrogen) atoms. The molecule has 1 amide bonds. The van der Waals surface area contributed by atoms with Gasteiger partial charge in [0.1, 0.15) is 42.7 Å². The van der Waals surface area contributed by atoms with Gasteiger partial charge in [-0.3, -0.25) is 14.4 Å². The number of aliphatic hydroxyl groups excluding tert-OH is 8. The predicted octanol–water partition coefficient (Wildman–Crippen LogP) is -5.83. The zero-order valence-electron chi connectivity index (χ0n) is 14.1. The topological polar surface area (TPSA) is 225 Å². The van der Waals surface area contributed by atoms with Gasteiger partial charge < -0.3 is 46.2 Å². The van der Waals surface area contributed by atoms with Gasteiger partial charge in [0.15, 0.2) is 0 Å². The maximum atomic E-state index is 12.2. The van der Waals surface area contributed by atoms with Gasteiger partial charge in [-0.25, -0.2) is 0 Å². The van der Waals surface area contributed by atoms with Gasteiger partial charge in [0.2, 0.25) is 17.5 Å². The van der Waals surface area contributed by atoms with Crippen LogP contribution in [-0.2, 0) is 14.4 Å². The number of hydrogen-bond donors (Lipinski definition) is 9. The zero-order chi connectivity index (χ0) is 20.8. The number of carbonyl (C=O) groups excluding carboxylic acids is 3. The lowest BCUT2D eigenvalue weighted by molar-refractivity contribution is -0.156. The average Bonchev–Trinajstić information content (AvgIpc) is 2.60. The quantitative estimate of drug-likeness (QED) is 0.153. The summed E-state index contributed by atoms with van der Waals surface area (Å²) in [5.41, 5.74) is 0. The van der Waals surface area contributed by atoms with Crippen molar-refractivity contribution in [3.8, 4) is 0 Å². The first kappa shape index (κ1) is 24.5. The van der Waals surface area contributed by atoms with Crippen LogP contribution in [0.25, 0.3) is 0 Å². The van der Waals surface area contributed by atoms with Crippen LogP contribution in [0.5, 0.6) is 0 Å². The number of nitrogens with one attached hydrogen (secondary N) is 1. The van der Waals surface area contributed by atoms with Crippen molar-refractivity contribution in [1.29, 1.82) is 0 Å². The molecule has 0 saturated carbocycles. The van der Waals surface area contributed by atoms with Crippen LogP contribution in [0, 0.1) is 0 Å². The van der Waals surface area contributed by atoms with Crippen LogP contribution in [0.2, 0.25) is 0 Å². The van der Waals surface area contributed by atoms with Crippen molar-refractivity contribution in [2.75, 3.05) is 6.61 Å². The van der Waals surface area contributed by atoms with Crippen LogP contribution < -0.4 is 5.32 Å². The molecule has 152 valence electrons. The van der Waals surface area contributed by atoms with Crippen molar-refractivity contribution in [2.45, 2.75) is 62.6 Å². The minimum absolute atomic E-state index is 0.912. The van der Waals surface area contributed by atoms with Crippen molar-refractivity contribution >= 4 is 17.5 Å². The summed E-state index contributed by atoms with van der Waals surface area (Å²) in [5, 5.41) is 77.4. The van der Waals surface area contributed by atoms with Gasteiger partial charge in [-0.1, -0.05) is 0 Å². The summed E-state index contributed by atoms with van der Waals surface area (Å²) in [5.74, 6) is -4.30. The summed E-state index contributed by atoms with van der Waals surface area (Å²) in [6.07, 6.45) is -14.6. The molecule has 0 fully saturated rings. The first-order chi connectivity index (χ1) is 11.9. The highest BCUT2D eigenvalue weighted by Crippen LogP contribution is 2.11. The molecular weight excluding hydrogens is 358 g/mol. The highest BCUT2D eigenvalue weighted by molar-refractivity contribution is 6.41. The first-order valence-corrected chi connectivity index (χ1v) is 7.59. The summed E-state index contributed by atoms with van der Waals surface area (Å²) in [6, 6.07) is -2.12. The van der Waals surface area contributed by atoms with Crippen LogP contribution in [0.4, 0.5) is 0 Å². The normalized spacial score (nSPS) is 20.8. The lowest BCUT2D eigenvalue weighted by atomic mass is 9.91. The minimum atomic E-state index is -2.50. The van der Waals surface area contributed by atoms with Crippen molar-refractivity contribution in [2.24, 2.45) is 0 Å². The van der Waals surface area contributed by atoms with Crippen LogP contribution >= 0.6 is 0 Å². The molecule has 8 atom stereocenters. The molecule has 0 heterocycles. The third-order valence-corrected chi connectivity index (χ3v) is 3.59. The fourth-order valence-electron chi connectivity index (χ4n) is 1.98. The molecule has 0 aromatic rings. The molecule has 0 aliphatic carbocycles. The van der Waals surface area contributed by atoms with E-state index in [1.54, 1.807) is 0 Å². The molecule has 0 aliphatic rings. The minimum Gasteiger partial charge on any atom is -0.394 e. The Bertz CT molecular complexity index is 497. The molecule has 12 heteroatoms. The van der Waals surface area contributed by atoms with E-state index in [4.69, 9.17) is 10.2 Å². The van der Waals surface area contributed by atoms with E-state index in [1.165, 1.54) is 0 Å². The third kappa shape index (κ3) is 6.34. The Balaban J connectivity index is 5.46. The monoisotopic (exact) mass is 383 g/mol. The lowest BCUT2D eigenvalue weighted by Crippen LogP contribution is -2.59. The molecule has 0 saturated heterocycles. The fourth-order valence-corrected chi connectivity index (χ4v) is 1.98. The third-order valence-electron chi connectivity index (χ3n) is 3.59. The Morgan fingerprint density at radius 1 is 0.808 bits per heavy atom. The van der Waals surface area contributed by atoms with Gasteiger partial charge in [-0.15, -0.1) is 0 Å². The van der Waals surface area contributed by atoms with Crippen LogP contribution in [0.1, 0.15) is 13.8 Å². The van der Waals surface area contributed by atoms with E-state index < -0.39 is 72.9 Å². The number of hydrogen-bond acceptors (Lipinski definition) is 11. The number of Topliss-reactive ketones (excluding diaryl/α,β-unsaturated/α-hetero) is 2. The summed E-state index contributed by atoms with van der Waals surface area (Å²) in [6.45, 7) is 0.952. The van der Waals surface area contributed by atoms with Crippen LogP contribution in [0.3, 0.4) is 0 Å². The van der Waals surface area contributed by atoms with Gasteiger partial charge >= 0.3 is 0 Å². The number of ketones is 2. The van der Waals surface area contributed by atoms with E-state index in [0.29, 0.717) is 0 Å². The maximum absolute atomic E-state index is 12.2.